The Kier molecular flexibility index (Phi) is 5.35. The van der Waals surface area contributed by atoms with Crippen molar-refractivity contribution in [3.05, 3.63) is 28.8 Å². The fraction of sp³-hybridized carbons (Fsp3) is 0.652. The van der Waals surface area contributed by atoms with Gasteiger partial charge in [-0.25, -0.2) is 8.42 Å². The molecule has 0 spiro atoms. The van der Waals surface area contributed by atoms with Crippen molar-refractivity contribution in [2.75, 3.05) is 0 Å². The molecule has 2 unspecified atom stereocenters. The number of hydrogen-bond acceptors (Lipinski definition) is 4. The van der Waals surface area contributed by atoms with Gasteiger partial charge in [0.15, 0.2) is 5.78 Å². The molecule has 31 heavy (non-hydrogen) atoms. The molecule has 6 nitrogen and oxygen atoms in total. The van der Waals surface area contributed by atoms with E-state index in [-0.39, 0.29) is 28.4 Å². The third-order valence-corrected chi connectivity index (χ3v) is 9.84. The minimum absolute atomic E-state index is 0.0338. The van der Waals surface area contributed by atoms with Crippen LogP contribution in [0.25, 0.3) is 0 Å². The van der Waals surface area contributed by atoms with Crippen molar-refractivity contribution in [2.45, 2.75) is 76.2 Å². The third kappa shape index (κ3) is 4.05. The van der Waals surface area contributed by atoms with Gasteiger partial charge in [0.1, 0.15) is 0 Å². The fourth-order valence-electron chi connectivity index (χ4n) is 6.70. The Balaban J connectivity index is 1.54. The molecule has 4 aliphatic carbocycles. The Morgan fingerprint density at radius 2 is 1.81 bits per heavy atom. The number of primary amides is 1. The quantitative estimate of drug-likeness (QED) is 0.638. The first-order valence-electron chi connectivity index (χ1n) is 10.9. The molecule has 1 amide bonds. The number of carbonyl (C=O) groups is 2. The summed E-state index contributed by atoms with van der Waals surface area (Å²) >= 11 is 6.10. The highest BCUT2D eigenvalue weighted by Gasteiger charge is 2.60. The zero-order valence-corrected chi connectivity index (χ0v) is 19.9. The molecule has 1 aromatic carbocycles. The van der Waals surface area contributed by atoms with Gasteiger partial charge in [-0.05, 0) is 94.2 Å². The lowest BCUT2D eigenvalue weighted by Gasteiger charge is -2.61. The normalized spacial score (nSPS) is 32.3. The Hall–Kier alpha value is -1.44. The van der Waals surface area contributed by atoms with Crippen LogP contribution in [0.4, 0.5) is 0 Å². The molecule has 0 saturated heterocycles. The summed E-state index contributed by atoms with van der Waals surface area (Å²) in [6.45, 7) is 5.00. The van der Waals surface area contributed by atoms with E-state index in [0.717, 1.165) is 37.7 Å². The standard InChI is InChI=1S/C23H31ClN2O4S/c1-14-4-5-17(7-18(14)24)31(29,30)26-21(2,3)19(27)12-22-8-15-6-16(9-22)11-23(10-15,13-22)20(25)28/h4-5,7,15-16,26H,6,8-13H2,1-3H3,(H2,25,28). The van der Waals surface area contributed by atoms with E-state index in [2.05, 4.69) is 4.72 Å². The van der Waals surface area contributed by atoms with Gasteiger partial charge in [0.2, 0.25) is 15.9 Å². The van der Waals surface area contributed by atoms with Crippen LogP contribution in [0.3, 0.4) is 0 Å². The number of amides is 1. The molecule has 2 atom stereocenters. The molecule has 5 rings (SSSR count). The van der Waals surface area contributed by atoms with Crippen LogP contribution in [0, 0.1) is 29.6 Å². The zero-order chi connectivity index (χ0) is 22.8. The lowest BCUT2D eigenvalue weighted by Crippen LogP contribution is -2.58. The predicted octanol–water partition coefficient (Wildman–Crippen LogP) is 3.74. The summed E-state index contributed by atoms with van der Waals surface area (Å²) in [7, 11) is -3.92. The van der Waals surface area contributed by atoms with E-state index in [4.69, 9.17) is 17.3 Å². The molecule has 3 N–H and O–H groups in total. The average molecular weight is 467 g/mol. The molecule has 0 aliphatic heterocycles. The van der Waals surface area contributed by atoms with Crippen LogP contribution in [-0.4, -0.2) is 25.6 Å². The highest BCUT2D eigenvalue weighted by molar-refractivity contribution is 7.89. The molecular weight excluding hydrogens is 436 g/mol. The van der Waals surface area contributed by atoms with E-state index in [0.29, 0.717) is 23.3 Å². The smallest absolute Gasteiger partial charge is 0.241 e. The number of halogens is 1. The van der Waals surface area contributed by atoms with Crippen molar-refractivity contribution in [3.8, 4) is 0 Å². The van der Waals surface area contributed by atoms with Crippen LogP contribution in [0.2, 0.25) is 5.02 Å². The SMILES string of the molecule is Cc1ccc(S(=O)(=O)NC(C)(C)C(=O)CC23CC4CC(C2)CC(C(N)=O)(C4)C3)cc1Cl. The van der Waals surface area contributed by atoms with Crippen molar-refractivity contribution in [1.29, 1.82) is 0 Å². The third-order valence-electron chi connectivity index (χ3n) is 7.78. The lowest BCUT2D eigenvalue weighted by atomic mass is 9.43. The average Bonchev–Trinajstić information content (AvgIpc) is 2.61. The summed E-state index contributed by atoms with van der Waals surface area (Å²) in [5.74, 6) is 0.456. The number of carbonyl (C=O) groups excluding carboxylic acids is 2. The Bertz CT molecular complexity index is 1040. The van der Waals surface area contributed by atoms with Crippen molar-refractivity contribution in [3.63, 3.8) is 0 Å². The van der Waals surface area contributed by atoms with Gasteiger partial charge in [0.25, 0.3) is 0 Å². The Labute approximate surface area is 189 Å². The highest BCUT2D eigenvalue weighted by atomic mass is 35.5. The van der Waals surface area contributed by atoms with E-state index in [1.54, 1.807) is 26.8 Å². The van der Waals surface area contributed by atoms with Crippen LogP contribution in [0.1, 0.15) is 64.4 Å². The van der Waals surface area contributed by atoms with E-state index in [1.807, 2.05) is 0 Å². The van der Waals surface area contributed by atoms with Crippen LogP contribution in [-0.2, 0) is 19.6 Å². The monoisotopic (exact) mass is 466 g/mol. The molecule has 4 aliphatic rings. The van der Waals surface area contributed by atoms with E-state index in [9.17, 15) is 18.0 Å². The van der Waals surface area contributed by atoms with Crippen molar-refractivity contribution < 1.29 is 18.0 Å². The van der Waals surface area contributed by atoms with Crippen molar-refractivity contribution >= 4 is 33.3 Å². The maximum Gasteiger partial charge on any atom is 0.241 e. The molecule has 0 radical (unpaired) electrons. The molecule has 170 valence electrons. The lowest BCUT2D eigenvalue weighted by molar-refractivity contribution is -0.158. The summed E-state index contributed by atoms with van der Waals surface area (Å²) in [6, 6.07) is 4.53. The number of nitrogens with one attached hydrogen (secondary N) is 1. The fourth-order valence-corrected chi connectivity index (χ4v) is 8.37. The zero-order valence-electron chi connectivity index (χ0n) is 18.3. The first-order chi connectivity index (χ1) is 14.3. The molecular formula is C23H31ClN2O4S. The largest absolute Gasteiger partial charge is 0.369 e. The number of benzene rings is 1. The summed E-state index contributed by atoms with van der Waals surface area (Å²) in [5.41, 5.74) is 4.56. The summed E-state index contributed by atoms with van der Waals surface area (Å²) < 4.78 is 28.5. The molecule has 4 bridgehead atoms. The minimum atomic E-state index is -3.92. The number of Topliss-reactive ketones (excluding diaryl/α,β-unsaturated/α-hetero) is 1. The van der Waals surface area contributed by atoms with Gasteiger partial charge in [0.05, 0.1) is 15.8 Å². The van der Waals surface area contributed by atoms with E-state index in [1.165, 1.54) is 12.1 Å². The topological polar surface area (TPSA) is 106 Å². The minimum Gasteiger partial charge on any atom is -0.369 e. The van der Waals surface area contributed by atoms with Gasteiger partial charge in [0, 0.05) is 11.4 Å². The number of ketones is 1. The van der Waals surface area contributed by atoms with Crippen molar-refractivity contribution in [1.82, 2.24) is 4.72 Å². The maximum atomic E-state index is 13.4. The molecule has 4 saturated carbocycles. The Morgan fingerprint density at radius 3 is 2.35 bits per heavy atom. The molecule has 0 aromatic heterocycles. The van der Waals surface area contributed by atoms with Crippen LogP contribution in [0.5, 0.6) is 0 Å². The molecule has 0 heterocycles. The predicted molar refractivity (Wildman–Crippen MR) is 119 cm³/mol. The second kappa shape index (κ2) is 7.29. The van der Waals surface area contributed by atoms with Crippen LogP contribution in [0.15, 0.2) is 23.1 Å². The van der Waals surface area contributed by atoms with Crippen LogP contribution >= 0.6 is 11.6 Å². The number of aryl methyl sites for hydroxylation is 1. The molecule has 4 fully saturated rings. The summed E-state index contributed by atoms with van der Waals surface area (Å²) in [5, 5.41) is 0.359. The van der Waals surface area contributed by atoms with Crippen molar-refractivity contribution in [2.24, 2.45) is 28.4 Å². The number of nitrogens with two attached hydrogens (primary N) is 1. The van der Waals surface area contributed by atoms with Gasteiger partial charge in [-0.2, -0.15) is 4.72 Å². The molecule has 8 heteroatoms. The molecule has 1 aromatic rings. The summed E-state index contributed by atoms with van der Waals surface area (Å²) in [6.07, 6.45) is 5.51. The highest BCUT2D eigenvalue weighted by Crippen LogP contribution is 2.66. The first-order valence-corrected chi connectivity index (χ1v) is 12.8. The first kappa shape index (κ1) is 22.7. The Morgan fingerprint density at radius 1 is 1.19 bits per heavy atom. The number of hydrogen-bond donors (Lipinski definition) is 2. The number of sulfonamides is 1. The summed E-state index contributed by atoms with van der Waals surface area (Å²) in [4.78, 5) is 25.7. The number of rotatable bonds is 7. The van der Waals surface area contributed by atoms with Gasteiger partial charge in [-0.15, -0.1) is 0 Å². The van der Waals surface area contributed by atoms with E-state index < -0.39 is 21.0 Å². The van der Waals surface area contributed by atoms with Gasteiger partial charge >= 0.3 is 0 Å². The maximum absolute atomic E-state index is 13.4. The van der Waals surface area contributed by atoms with Crippen LogP contribution < -0.4 is 10.5 Å². The second-order valence-corrected chi connectivity index (χ2v) is 12.9. The van der Waals surface area contributed by atoms with Gasteiger partial charge in [-0.3, -0.25) is 9.59 Å². The second-order valence-electron chi connectivity index (χ2n) is 10.8. The van der Waals surface area contributed by atoms with E-state index >= 15 is 0 Å². The van der Waals surface area contributed by atoms with Gasteiger partial charge in [-0.1, -0.05) is 17.7 Å². The van der Waals surface area contributed by atoms with Gasteiger partial charge < -0.3 is 5.73 Å².